The summed E-state index contributed by atoms with van der Waals surface area (Å²) in [6.45, 7) is 15.1. The van der Waals surface area contributed by atoms with Gasteiger partial charge in [0.25, 0.3) is 0 Å². The Balaban J connectivity index is 2.53. The minimum Gasteiger partial charge on any atom is -0.322 e. The Morgan fingerprint density at radius 3 is 2.41 bits per heavy atom. The fraction of sp³-hybridized carbons (Fsp3) is 1.00. The summed E-state index contributed by atoms with van der Waals surface area (Å²) < 4.78 is 2.55. The van der Waals surface area contributed by atoms with Gasteiger partial charge in [-0.25, -0.2) is 0 Å². The zero-order valence-electron chi connectivity index (χ0n) is 12.8. The van der Waals surface area contributed by atoms with Gasteiger partial charge in [-0.1, -0.05) is 6.92 Å². The maximum Gasteiger partial charge on any atom is 0.128 e. The summed E-state index contributed by atoms with van der Waals surface area (Å²) in [7, 11) is 4.89. The Bertz CT molecular complexity index is 223. The van der Waals surface area contributed by atoms with E-state index in [0.29, 0.717) is 0 Å². The average molecular weight is 242 g/mol. The van der Waals surface area contributed by atoms with Crippen LogP contribution in [0.5, 0.6) is 0 Å². The van der Waals surface area contributed by atoms with E-state index in [1.807, 2.05) is 0 Å². The minimum atomic E-state index is 0.921. The zero-order valence-corrected chi connectivity index (χ0v) is 12.8. The highest BCUT2D eigenvalue weighted by Crippen LogP contribution is 2.21. The molecule has 1 fully saturated rings. The van der Waals surface area contributed by atoms with Gasteiger partial charge >= 0.3 is 0 Å². The fourth-order valence-corrected chi connectivity index (χ4v) is 3.15. The quantitative estimate of drug-likeness (QED) is 0.650. The van der Waals surface area contributed by atoms with Crippen LogP contribution < -0.4 is 0 Å². The van der Waals surface area contributed by atoms with E-state index in [-0.39, 0.29) is 0 Å². The van der Waals surface area contributed by atoms with Crippen LogP contribution in [0.3, 0.4) is 0 Å². The van der Waals surface area contributed by atoms with Crippen molar-refractivity contribution in [2.45, 2.75) is 40.0 Å². The molecule has 1 saturated heterocycles. The van der Waals surface area contributed by atoms with Gasteiger partial charge in [0.05, 0.1) is 40.3 Å². The Kier molecular flexibility index (Phi) is 5.46. The number of nitrogens with zero attached hydrogens (tertiary/aromatic N) is 2. The third-order valence-electron chi connectivity index (χ3n) is 5.10. The van der Waals surface area contributed by atoms with Crippen LogP contribution in [0.15, 0.2) is 0 Å². The average Bonchev–Trinajstić information content (AvgIpc) is 2.48. The number of hydrogen-bond acceptors (Lipinski definition) is 0. The molecule has 0 spiro atoms. The Hall–Kier alpha value is -0.0800. The van der Waals surface area contributed by atoms with E-state index in [1.54, 1.807) is 0 Å². The lowest BCUT2D eigenvalue weighted by Gasteiger charge is -2.39. The summed E-state index contributed by atoms with van der Waals surface area (Å²) in [4.78, 5) is 0. The van der Waals surface area contributed by atoms with E-state index in [1.165, 1.54) is 67.5 Å². The third kappa shape index (κ3) is 4.59. The van der Waals surface area contributed by atoms with Crippen LogP contribution in [0, 0.1) is 5.92 Å². The molecule has 2 atom stereocenters. The summed E-state index contributed by atoms with van der Waals surface area (Å²) in [6, 6.07) is 0. The van der Waals surface area contributed by atoms with Crippen molar-refractivity contribution in [3.63, 3.8) is 0 Å². The van der Waals surface area contributed by atoms with Gasteiger partial charge in [-0.2, -0.15) is 0 Å². The molecule has 1 rings (SSSR count). The SMILES string of the molecule is CC[N+](C)(CC)CC[N+]1(C)CCCCC(C)C1. The molecule has 0 amide bonds. The molecule has 2 unspecified atom stereocenters. The first-order valence-electron chi connectivity index (χ1n) is 7.60. The third-order valence-corrected chi connectivity index (χ3v) is 5.10. The van der Waals surface area contributed by atoms with E-state index >= 15 is 0 Å². The summed E-state index contributed by atoms with van der Waals surface area (Å²) >= 11 is 0. The van der Waals surface area contributed by atoms with Crippen molar-refractivity contribution in [1.29, 1.82) is 0 Å². The van der Waals surface area contributed by atoms with Crippen molar-refractivity contribution in [2.75, 3.05) is 53.4 Å². The first kappa shape index (κ1) is 15.0. The molecule has 1 aliphatic rings. The smallest absolute Gasteiger partial charge is 0.128 e. The lowest BCUT2D eigenvalue weighted by molar-refractivity contribution is -0.963. The highest BCUT2D eigenvalue weighted by Gasteiger charge is 2.30. The molecule has 1 aliphatic heterocycles. The van der Waals surface area contributed by atoms with Crippen molar-refractivity contribution in [2.24, 2.45) is 5.92 Å². The van der Waals surface area contributed by atoms with Gasteiger partial charge in [-0.3, -0.25) is 0 Å². The molecule has 0 bridgehead atoms. The van der Waals surface area contributed by atoms with E-state index < -0.39 is 0 Å². The first-order valence-corrected chi connectivity index (χ1v) is 7.60. The molecule has 0 aromatic heterocycles. The molecule has 0 N–H and O–H groups in total. The van der Waals surface area contributed by atoms with Crippen LogP contribution in [0.2, 0.25) is 0 Å². The summed E-state index contributed by atoms with van der Waals surface area (Å²) in [5.74, 6) is 0.921. The number of quaternary nitrogens is 2. The molecule has 0 aromatic carbocycles. The van der Waals surface area contributed by atoms with Gasteiger partial charge < -0.3 is 8.97 Å². The Labute approximate surface area is 109 Å². The Morgan fingerprint density at radius 1 is 1.18 bits per heavy atom. The van der Waals surface area contributed by atoms with E-state index in [0.717, 1.165) is 5.92 Å². The van der Waals surface area contributed by atoms with E-state index in [9.17, 15) is 0 Å². The largest absolute Gasteiger partial charge is 0.322 e. The maximum atomic E-state index is 2.48. The van der Waals surface area contributed by atoms with Crippen LogP contribution in [0.25, 0.3) is 0 Å². The normalized spacial score (nSPS) is 31.2. The van der Waals surface area contributed by atoms with Crippen molar-refractivity contribution in [3.05, 3.63) is 0 Å². The second-order valence-corrected chi connectivity index (χ2v) is 6.83. The van der Waals surface area contributed by atoms with Gasteiger partial charge in [0, 0.05) is 5.92 Å². The van der Waals surface area contributed by atoms with Gasteiger partial charge in [0.15, 0.2) is 0 Å². The molecule has 0 aromatic rings. The summed E-state index contributed by atoms with van der Waals surface area (Å²) in [6.07, 6.45) is 4.33. The molecular weight excluding hydrogens is 208 g/mol. The van der Waals surface area contributed by atoms with Crippen LogP contribution in [-0.4, -0.2) is 62.3 Å². The van der Waals surface area contributed by atoms with Crippen molar-refractivity contribution in [3.8, 4) is 0 Å². The topological polar surface area (TPSA) is 0 Å². The highest BCUT2D eigenvalue weighted by molar-refractivity contribution is 4.58. The van der Waals surface area contributed by atoms with Gasteiger partial charge in [0.2, 0.25) is 0 Å². The van der Waals surface area contributed by atoms with Gasteiger partial charge in [0.1, 0.15) is 13.1 Å². The number of hydrogen-bond donors (Lipinski definition) is 0. The second kappa shape index (κ2) is 6.19. The predicted octanol–water partition coefficient (Wildman–Crippen LogP) is 2.74. The predicted molar refractivity (Wildman–Crippen MR) is 75.9 cm³/mol. The monoisotopic (exact) mass is 242 g/mol. The van der Waals surface area contributed by atoms with Crippen LogP contribution in [0.4, 0.5) is 0 Å². The lowest BCUT2D eigenvalue weighted by atomic mass is 10.1. The molecular formula is C15H34N2+2. The number of rotatable bonds is 5. The molecule has 2 heteroatoms. The Morgan fingerprint density at radius 2 is 1.82 bits per heavy atom. The minimum absolute atomic E-state index is 0.921. The second-order valence-electron chi connectivity index (χ2n) is 6.83. The van der Waals surface area contributed by atoms with Crippen molar-refractivity contribution < 1.29 is 8.97 Å². The standard InChI is InChI=1S/C15H34N2/c1-6-16(4,7-2)12-13-17(5)11-9-8-10-15(3)14-17/h15H,6-14H2,1-5H3/q+2. The van der Waals surface area contributed by atoms with Crippen molar-refractivity contribution >= 4 is 0 Å². The molecule has 2 nitrogen and oxygen atoms in total. The van der Waals surface area contributed by atoms with Gasteiger partial charge in [-0.05, 0) is 33.1 Å². The molecule has 17 heavy (non-hydrogen) atoms. The number of likely N-dealkylation sites (tertiary alicyclic amines) is 1. The zero-order chi connectivity index (χ0) is 12.9. The molecule has 0 radical (unpaired) electrons. The maximum absolute atomic E-state index is 2.48. The lowest BCUT2D eigenvalue weighted by Crippen LogP contribution is -2.55. The first-order chi connectivity index (χ1) is 7.93. The van der Waals surface area contributed by atoms with Crippen LogP contribution >= 0.6 is 0 Å². The van der Waals surface area contributed by atoms with Crippen LogP contribution in [0.1, 0.15) is 40.0 Å². The summed E-state index contributed by atoms with van der Waals surface area (Å²) in [5, 5.41) is 0. The fourth-order valence-electron chi connectivity index (χ4n) is 3.15. The van der Waals surface area contributed by atoms with Crippen molar-refractivity contribution in [1.82, 2.24) is 0 Å². The molecule has 0 aliphatic carbocycles. The number of likely N-dealkylation sites (N-methyl/N-ethyl adjacent to an activating group) is 2. The highest BCUT2D eigenvalue weighted by atomic mass is 15.4. The molecule has 102 valence electrons. The molecule has 1 heterocycles. The van der Waals surface area contributed by atoms with E-state index in [4.69, 9.17) is 0 Å². The van der Waals surface area contributed by atoms with Crippen LogP contribution in [-0.2, 0) is 0 Å². The summed E-state index contributed by atoms with van der Waals surface area (Å²) in [5.41, 5.74) is 0. The van der Waals surface area contributed by atoms with Gasteiger partial charge in [-0.15, -0.1) is 0 Å². The molecule has 0 saturated carbocycles. The van der Waals surface area contributed by atoms with E-state index in [2.05, 4.69) is 34.9 Å².